The van der Waals surface area contributed by atoms with E-state index in [1.54, 1.807) is 0 Å². The number of halogens is 3. The Morgan fingerprint density at radius 2 is 1.79 bits per heavy atom. The maximum absolute atomic E-state index is 13.0. The molecule has 0 aromatic heterocycles. The molecule has 2 aromatic carbocycles. The van der Waals surface area contributed by atoms with E-state index >= 15 is 0 Å². The van der Waals surface area contributed by atoms with Crippen LogP contribution in [0.5, 0.6) is 0 Å². The second-order valence-electron chi connectivity index (χ2n) is 8.42. The molecule has 2 amide bonds. The normalized spacial score (nSPS) is 20.2. The van der Waals surface area contributed by atoms with E-state index in [1.165, 1.54) is 35.2 Å². The quantitative estimate of drug-likeness (QED) is 0.616. The standard InChI is InChI=1S/C22H21F3N2O5S/c1-21(30,22(23,24)25)14-2-4-15(5-3-14)26-20(29)19-18-9-8-17(33(31,32)16-6-7-16)10-13(18)11-27(19)12-28/h2-5,8-10,12,16,19,30H,6-7,11H2,1H3,(H,26,29). The Hall–Kier alpha value is -2.92. The van der Waals surface area contributed by atoms with Gasteiger partial charge in [-0.3, -0.25) is 9.59 Å². The number of aliphatic hydroxyl groups is 1. The van der Waals surface area contributed by atoms with Crippen molar-refractivity contribution in [2.24, 2.45) is 0 Å². The van der Waals surface area contributed by atoms with Gasteiger partial charge in [0.15, 0.2) is 15.4 Å². The molecule has 0 saturated heterocycles. The Morgan fingerprint density at radius 3 is 2.33 bits per heavy atom. The van der Waals surface area contributed by atoms with Gasteiger partial charge in [0.2, 0.25) is 6.41 Å². The highest BCUT2D eigenvalue weighted by Gasteiger charge is 2.51. The van der Waals surface area contributed by atoms with Crippen LogP contribution < -0.4 is 5.32 Å². The van der Waals surface area contributed by atoms with Crippen LogP contribution in [-0.4, -0.2) is 42.2 Å². The van der Waals surface area contributed by atoms with Crippen LogP contribution in [0.4, 0.5) is 18.9 Å². The van der Waals surface area contributed by atoms with Crippen molar-refractivity contribution >= 4 is 27.8 Å². The minimum atomic E-state index is -4.87. The summed E-state index contributed by atoms with van der Waals surface area (Å²) in [6.45, 7) is 0.689. The first kappa shape index (κ1) is 23.2. The molecule has 2 aliphatic rings. The first-order valence-corrected chi connectivity index (χ1v) is 11.7. The van der Waals surface area contributed by atoms with Crippen LogP contribution in [0.25, 0.3) is 0 Å². The van der Waals surface area contributed by atoms with Gasteiger partial charge in [-0.1, -0.05) is 18.2 Å². The number of carbonyl (C=O) groups is 2. The van der Waals surface area contributed by atoms with Crippen molar-refractivity contribution in [3.05, 3.63) is 59.2 Å². The summed E-state index contributed by atoms with van der Waals surface area (Å²) in [4.78, 5) is 25.9. The van der Waals surface area contributed by atoms with Crippen molar-refractivity contribution < 1.29 is 36.3 Å². The first-order valence-electron chi connectivity index (χ1n) is 10.1. The van der Waals surface area contributed by atoms with Gasteiger partial charge in [-0.05, 0) is 60.7 Å². The van der Waals surface area contributed by atoms with Crippen LogP contribution >= 0.6 is 0 Å². The van der Waals surface area contributed by atoms with Crippen molar-refractivity contribution in [3.63, 3.8) is 0 Å². The van der Waals surface area contributed by atoms with Crippen LogP contribution in [0, 0.1) is 0 Å². The second kappa shape index (κ2) is 7.84. The Bertz CT molecular complexity index is 1210. The smallest absolute Gasteiger partial charge is 0.376 e. The highest BCUT2D eigenvalue weighted by atomic mass is 32.2. The van der Waals surface area contributed by atoms with E-state index in [0.717, 1.165) is 12.1 Å². The summed E-state index contributed by atoms with van der Waals surface area (Å²) in [5.41, 5.74) is -2.24. The average molecular weight is 482 g/mol. The molecule has 2 N–H and O–H groups in total. The molecule has 2 unspecified atom stereocenters. The topological polar surface area (TPSA) is 104 Å². The van der Waals surface area contributed by atoms with E-state index in [4.69, 9.17) is 0 Å². The zero-order valence-corrected chi connectivity index (χ0v) is 18.3. The Morgan fingerprint density at radius 1 is 1.15 bits per heavy atom. The number of hydrogen-bond donors (Lipinski definition) is 2. The van der Waals surface area contributed by atoms with E-state index in [2.05, 4.69) is 5.32 Å². The van der Waals surface area contributed by atoms with Gasteiger partial charge in [-0.15, -0.1) is 0 Å². The van der Waals surface area contributed by atoms with Crippen molar-refractivity contribution in [1.82, 2.24) is 4.90 Å². The molecule has 1 saturated carbocycles. The first-order chi connectivity index (χ1) is 15.4. The highest BCUT2D eigenvalue weighted by molar-refractivity contribution is 7.92. The maximum Gasteiger partial charge on any atom is 0.421 e. The third-order valence-electron chi connectivity index (χ3n) is 6.04. The molecular weight excluding hydrogens is 461 g/mol. The van der Waals surface area contributed by atoms with Gasteiger partial charge >= 0.3 is 6.18 Å². The molecule has 1 aliphatic heterocycles. The Kier molecular flexibility index (Phi) is 5.52. The molecule has 1 aliphatic carbocycles. The summed E-state index contributed by atoms with van der Waals surface area (Å²) < 4.78 is 64.1. The van der Waals surface area contributed by atoms with Crippen LogP contribution in [0.1, 0.15) is 42.5 Å². The third kappa shape index (κ3) is 4.10. The average Bonchev–Trinajstić information content (AvgIpc) is 3.54. The lowest BCUT2D eigenvalue weighted by atomic mass is 9.95. The Labute approximate surface area is 188 Å². The predicted octanol–water partition coefficient (Wildman–Crippen LogP) is 3.04. The SMILES string of the molecule is CC(O)(c1ccc(NC(=O)C2c3ccc(S(=O)(=O)C4CC4)cc3CN2C=O)cc1)C(F)(F)F. The van der Waals surface area contributed by atoms with Crippen LogP contribution in [0.3, 0.4) is 0 Å². The molecule has 0 spiro atoms. The number of amides is 2. The Balaban J connectivity index is 1.56. The molecule has 4 rings (SSSR count). The fourth-order valence-corrected chi connectivity index (χ4v) is 5.55. The van der Waals surface area contributed by atoms with Crippen LogP contribution in [0.15, 0.2) is 47.4 Å². The molecule has 7 nitrogen and oxygen atoms in total. The number of hydrogen-bond acceptors (Lipinski definition) is 5. The fraction of sp³-hybridized carbons (Fsp3) is 0.364. The highest BCUT2D eigenvalue weighted by Crippen LogP contribution is 2.40. The molecule has 2 atom stereocenters. The van der Waals surface area contributed by atoms with Crippen molar-refractivity contribution in [2.45, 2.75) is 54.3 Å². The van der Waals surface area contributed by atoms with E-state index in [1.807, 2.05) is 0 Å². The van der Waals surface area contributed by atoms with E-state index in [-0.39, 0.29) is 22.4 Å². The number of benzene rings is 2. The number of anilines is 1. The van der Waals surface area contributed by atoms with Gasteiger partial charge in [0.1, 0.15) is 6.04 Å². The van der Waals surface area contributed by atoms with Gasteiger partial charge in [0.25, 0.3) is 5.91 Å². The maximum atomic E-state index is 13.0. The van der Waals surface area contributed by atoms with Gasteiger partial charge in [0.05, 0.1) is 10.1 Å². The molecule has 0 bridgehead atoms. The van der Waals surface area contributed by atoms with E-state index < -0.39 is 39.1 Å². The zero-order valence-electron chi connectivity index (χ0n) is 17.5. The number of nitrogens with zero attached hydrogens (tertiary/aromatic N) is 1. The molecule has 33 heavy (non-hydrogen) atoms. The molecular formula is C22H21F3N2O5S. The van der Waals surface area contributed by atoms with Gasteiger partial charge in [0, 0.05) is 12.2 Å². The summed E-state index contributed by atoms with van der Waals surface area (Å²) in [7, 11) is -3.43. The predicted molar refractivity (Wildman–Crippen MR) is 112 cm³/mol. The summed E-state index contributed by atoms with van der Waals surface area (Å²) in [6, 6.07) is 7.96. The fourth-order valence-electron chi connectivity index (χ4n) is 3.84. The van der Waals surface area contributed by atoms with E-state index in [0.29, 0.717) is 37.3 Å². The summed E-state index contributed by atoms with van der Waals surface area (Å²) in [6.07, 6.45) is -3.16. The summed E-state index contributed by atoms with van der Waals surface area (Å²) in [5.74, 6) is -0.603. The minimum Gasteiger partial charge on any atom is -0.376 e. The molecule has 0 radical (unpaired) electrons. The van der Waals surface area contributed by atoms with Crippen molar-refractivity contribution in [3.8, 4) is 0 Å². The largest absolute Gasteiger partial charge is 0.421 e. The molecule has 1 heterocycles. The van der Waals surface area contributed by atoms with Crippen molar-refractivity contribution in [1.29, 1.82) is 0 Å². The second-order valence-corrected chi connectivity index (χ2v) is 10.6. The number of alkyl halides is 3. The molecule has 176 valence electrons. The van der Waals surface area contributed by atoms with Gasteiger partial charge < -0.3 is 15.3 Å². The lowest BCUT2D eigenvalue weighted by molar-refractivity contribution is -0.258. The van der Waals surface area contributed by atoms with Crippen LogP contribution in [-0.2, 0) is 31.6 Å². The third-order valence-corrected chi connectivity index (χ3v) is 8.30. The molecule has 2 aromatic rings. The zero-order chi connectivity index (χ0) is 24.2. The van der Waals surface area contributed by atoms with Crippen molar-refractivity contribution in [2.75, 3.05) is 5.32 Å². The minimum absolute atomic E-state index is 0.0539. The van der Waals surface area contributed by atoms with Crippen LogP contribution in [0.2, 0.25) is 0 Å². The molecule has 11 heteroatoms. The number of rotatable bonds is 6. The number of nitrogens with one attached hydrogen (secondary N) is 1. The number of sulfone groups is 1. The number of carbonyl (C=O) groups excluding carboxylic acids is 2. The van der Waals surface area contributed by atoms with E-state index in [9.17, 15) is 36.3 Å². The summed E-state index contributed by atoms with van der Waals surface area (Å²) in [5, 5.41) is 11.9. The monoisotopic (exact) mass is 482 g/mol. The summed E-state index contributed by atoms with van der Waals surface area (Å²) >= 11 is 0. The van der Waals surface area contributed by atoms with Gasteiger partial charge in [-0.25, -0.2) is 8.42 Å². The molecule has 1 fully saturated rings. The van der Waals surface area contributed by atoms with Gasteiger partial charge in [-0.2, -0.15) is 13.2 Å². The lowest BCUT2D eigenvalue weighted by Crippen LogP contribution is -2.39. The lowest BCUT2D eigenvalue weighted by Gasteiger charge is -2.27. The number of fused-ring (bicyclic) bond motifs is 1.